The van der Waals surface area contributed by atoms with E-state index < -0.39 is 22.6 Å². The Bertz CT molecular complexity index is 744. The van der Waals surface area contributed by atoms with E-state index in [2.05, 4.69) is 13.0 Å². The van der Waals surface area contributed by atoms with E-state index in [4.69, 9.17) is 11.6 Å². The Labute approximate surface area is 158 Å². The van der Waals surface area contributed by atoms with Crippen molar-refractivity contribution in [2.45, 2.75) is 64.1 Å². The van der Waals surface area contributed by atoms with E-state index in [1.165, 1.54) is 11.6 Å². The number of allylic oxidation sites excluding steroid dienone is 4. The molecule has 0 aromatic heterocycles. The summed E-state index contributed by atoms with van der Waals surface area (Å²) in [5, 5.41) is 11.2. The highest BCUT2D eigenvalue weighted by Gasteiger charge is 2.64. The molecule has 4 aliphatic carbocycles. The summed E-state index contributed by atoms with van der Waals surface area (Å²) in [5.41, 5.74) is -0.587. The number of hydrogen-bond acceptors (Lipinski definition) is 3. The summed E-state index contributed by atoms with van der Waals surface area (Å²) in [7, 11) is 0. The molecule has 0 saturated heterocycles. The van der Waals surface area contributed by atoms with Gasteiger partial charge in [0.15, 0.2) is 11.6 Å². The van der Waals surface area contributed by atoms with Gasteiger partial charge in [0.05, 0.1) is 5.88 Å². The Morgan fingerprint density at radius 2 is 2.08 bits per heavy atom. The quantitative estimate of drug-likeness (QED) is 0.583. The second-order valence-corrected chi connectivity index (χ2v) is 9.32. The lowest BCUT2D eigenvalue weighted by Gasteiger charge is -2.55. The Kier molecular flexibility index (Phi) is 4.06. The van der Waals surface area contributed by atoms with E-state index in [1.54, 1.807) is 0 Å². The topological polar surface area (TPSA) is 54.4 Å². The lowest BCUT2D eigenvalue weighted by Crippen LogP contribution is -2.55. The third kappa shape index (κ3) is 2.15. The highest BCUT2D eigenvalue weighted by molar-refractivity contribution is 6.29. The molecule has 0 radical (unpaired) electrons. The average Bonchev–Trinajstić information content (AvgIpc) is 2.88. The van der Waals surface area contributed by atoms with Crippen molar-refractivity contribution in [3.8, 4) is 0 Å². The van der Waals surface area contributed by atoms with Crippen molar-refractivity contribution in [2.75, 3.05) is 5.88 Å². The molecule has 2 fully saturated rings. The van der Waals surface area contributed by atoms with Crippen LogP contribution in [0.4, 0.5) is 4.39 Å². The third-order valence-corrected chi connectivity index (χ3v) is 8.30. The summed E-state index contributed by atoms with van der Waals surface area (Å²) in [6.45, 7) is 4.03. The number of carbonyl (C=O) groups is 2. The monoisotopic (exact) mass is 380 g/mol. The van der Waals surface area contributed by atoms with Gasteiger partial charge in [0, 0.05) is 17.3 Å². The van der Waals surface area contributed by atoms with E-state index in [9.17, 15) is 14.7 Å². The molecule has 5 heteroatoms. The molecule has 0 heterocycles. The largest absolute Gasteiger partial charge is 0.381 e. The summed E-state index contributed by atoms with van der Waals surface area (Å²) < 4.78 is 15.1. The molecule has 0 aromatic carbocycles. The number of alkyl halides is 2. The Morgan fingerprint density at radius 3 is 2.77 bits per heavy atom. The fourth-order valence-electron chi connectivity index (χ4n) is 6.44. The molecule has 4 aliphatic rings. The molecule has 0 aliphatic heterocycles. The summed E-state index contributed by atoms with van der Waals surface area (Å²) in [6.07, 6.45) is 5.66. The van der Waals surface area contributed by atoms with Gasteiger partial charge in [-0.05, 0) is 55.6 Å². The van der Waals surface area contributed by atoms with Gasteiger partial charge < -0.3 is 5.11 Å². The molecular weight excluding hydrogens is 355 g/mol. The lowest BCUT2D eigenvalue weighted by molar-refractivity contribution is -0.150. The maximum atomic E-state index is 15.1. The van der Waals surface area contributed by atoms with Crippen molar-refractivity contribution >= 4 is 23.2 Å². The second kappa shape index (κ2) is 5.75. The average molecular weight is 381 g/mol. The summed E-state index contributed by atoms with van der Waals surface area (Å²) >= 11 is 5.78. The van der Waals surface area contributed by atoms with Gasteiger partial charge in [0.2, 0.25) is 0 Å². The zero-order valence-electron chi connectivity index (χ0n) is 15.4. The van der Waals surface area contributed by atoms with Crippen LogP contribution in [-0.4, -0.2) is 34.3 Å². The summed E-state index contributed by atoms with van der Waals surface area (Å²) in [6, 6.07) is 0. The minimum atomic E-state index is -1.42. The van der Waals surface area contributed by atoms with Gasteiger partial charge in [-0.3, -0.25) is 9.59 Å². The van der Waals surface area contributed by atoms with Crippen LogP contribution >= 0.6 is 11.6 Å². The third-order valence-electron chi connectivity index (χ3n) is 8.05. The molecule has 0 amide bonds. The van der Waals surface area contributed by atoms with Crippen LogP contribution in [0, 0.1) is 22.7 Å². The fraction of sp³-hybridized carbons (Fsp3) is 0.714. The Morgan fingerprint density at radius 1 is 1.35 bits per heavy atom. The first-order chi connectivity index (χ1) is 12.2. The van der Waals surface area contributed by atoms with Crippen molar-refractivity contribution in [3.05, 3.63) is 23.3 Å². The summed E-state index contributed by atoms with van der Waals surface area (Å²) in [4.78, 5) is 24.3. The molecule has 6 atom stereocenters. The zero-order chi connectivity index (χ0) is 18.9. The van der Waals surface area contributed by atoms with Crippen molar-refractivity contribution in [1.82, 2.24) is 0 Å². The number of halogens is 2. The number of fused-ring (bicyclic) bond motifs is 5. The van der Waals surface area contributed by atoms with Crippen LogP contribution < -0.4 is 0 Å². The molecule has 2 saturated carbocycles. The van der Waals surface area contributed by atoms with Crippen LogP contribution in [0.1, 0.15) is 52.4 Å². The van der Waals surface area contributed by atoms with Crippen molar-refractivity contribution in [3.63, 3.8) is 0 Å². The highest BCUT2D eigenvalue weighted by atomic mass is 35.5. The Hall–Kier alpha value is -1.00. The number of carbonyl (C=O) groups excluding carboxylic acids is 2. The maximum absolute atomic E-state index is 15.1. The zero-order valence-corrected chi connectivity index (χ0v) is 16.1. The number of aliphatic hydroxyl groups is 1. The van der Waals surface area contributed by atoms with E-state index in [-0.39, 0.29) is 29.3 Å². The van der Waals surface area contributed by atoms with Gasteiger partial charge in [0.25, 0.3) is 0 Å². The van der Waals surface area contributed by atoms with Gasteiger partial charge >= 0.3 is 0 Å². The maximum Gasteiger partial charge on any atom is 0.179 e. The van der Waals surface area contributed by atoms with E-state index in [0.29, 0.717) is 44.1 Å². The summed E-state index contributed by atoms with van der Waals surface area (Å²) in [5.74, 6) is -0.421. The minimum absolute atomic E-state index is 0.0104. The van der Waals surface area contributed by atoms with Gasteiger partial charge in [-0.15, -0.1) is 11.6 Å². The molecule has 4 rings (SSSR count). The number of ketones is 2. The van der Waals surface area contributed by atoms with Crippen LogP contribution in [0.15, 0.2) is 23.3 Å². The number of rotatable bonds is 2. The Balaban J connectivity index is 1.79. The molecule has 26 heavy (non-hydrogen) atoms. The molecule has 3 nitrogen and oxygen atoms in total. The van der Waals surface area contributed by atoms with Crippen LogP contribution in [0.5, 0.6) is 0 Å². The molecule has 0 aromatic rings. The molecule has 142 valence electrons. The molecule has 1 N–H and O–H groups in total. The predicted octanol–water partition coefficient (Wildman–Crippen LogP) is 3.93. The highest BCUT2D eigenvalue weighted by Crippen LogP contribution is 2.65. The van der Waals surface area contributed by atoms with Gasteiger partial charge in [-0.2, -0.15) is 0 Å². The molecule has 0 unspecified atom stereocenters. The minimum Gasteiger partial charge on any atom is -0.381 e. The van der Waals surface area contributed by atoms with Crippen LogP contribution in [0.2, 0.25) is 0 Å². The van der Waals surface area contributed by atoms with Crippen molar-refractivity contribution in [2.24, 2.45) is 22.7 Å². The van der Waals surface area contributed by atoms with Gasteiger partial charge in [-0.25, -0.2) is 4.39 Å². The van der Waals surface area contributed by atoms with E-state index in [1.807, 2.05) is 6.92 Å². The predicted molar refractivity (Wildman–Crippen MR) is 97.6 cm³/mol. The molecular formula is C21H26ClFO3. The van der Waals surface area contributed by atoms with Gasteiger partial charge in [-0.1, -0.05) is 25.5 Å². The van der Waals surface area contributed by atoms with Crippen molar-refractivity contribution < 1.29 is 19.1 Å². The van der Waals surface area contributed by atoms with Crippen LogP contribution in [0.25, 0.3) is 0 Å². The van der Waals surface area contributed by atoms with Crippen molar-refractivity contribution in [1.29, 1.82) is 0 Å². The first kappa shape index (κ1) is 18.4. The number of Topliss-reactive ketones (excluding diaryl/α,β-unsaturated/α-hetero) is 1. The second-order valence-electron chi connectivity index (χ2n) is 9.05. The van der Waals surface area contributed by atoms with Crippen LogP contribution in [-0.2, 0) is 9.59 Å². The molecule has 0 bridgehead atoms. The number of hydrogen-bond donors (Lipinski definition) is 1. The first-order valence-electron chi connectivity index (χ1n) is 9.58. The normalized spacial score (nSPS) is 47.4. The standard InChI is InChI=1S/C21H26ClFO3/c1-19-6-3-12(24)9-16(19)17(23)10-13-14(19)4-7-20(2)15(13)5-8-21(20,26)18(25)11-22/h4,9,13,15,17,26H,3,5-8,10-11H2,1-2H3/t13-,15+,17+,19-,20+,21+/m1/s1. The van der Waals surface area contributed by atoms with Gasteiger partial charge in [0.1, 0.15) is 11.8 Å². The fourth-order valence-corrected chi connectivity index (χ4v) is 6.67. The smallest absolute Gasteiger partial charge is 0.179 e. The van der Waals surface area contributed by atoms with Crippen LogP contribution in [0.3, 0.4) is 0 Å². The lowest BCUT2D eigenvalue weighted by atomic mass is 9.50. The molecule has 0 spiro atoms. The SMILES string of the molecule is C[C@]12CCC(=O)C=C1[C@@H](F)C[C@@H]1C2=CC[C@@]2(C)[C@H]1CC[C@]2(O)C(=O)CCl. The first-order valence-corrected chi connectivity index (χ1v) is 10.1. The van der Waals surface area contributed by atoms with E-state index >= 15 is 4.39 Å². The van der Waals surface area contributed by atoms with E-state index in [0.717, 1.165) is 0 Å².